The summed E-state index contributed by atoms with van der Waals surface area (Å²) in [7, 11) is -1.83. The molecule has 1 heterocycles. The maximum absolute atomic E-state index is 10.3. The molecule has 0 aliphatic heterocycles. The zero-order chi connectivity index (χ0) is 16.4. The van der Waals surface area contributed by atoms with Crippen LogP contribution >= 0.6 is 0 Å². The molecule has 118 valence electrons. The van der Waals surface area contributed by atoms with Gasteiger partial charge in [-0.05, 0) is 48.0 Å². The smallest absolute Gasteiger partial charge is 0.250 e. The van der Waals surface area contributed by atoms with Crippen LogP contribution < -0.4 is 4.43 Å². The number of aliphatic hydroxyl groups is 1. The van der Waals surface area contributed by atoms with Gasteiger partial charge in [-0.15, -0.1) is 0 Å². The summed E-state index contributed by atoms with van der Waals surface area (Å²) >= 11 is 0. The largest absolute Gasteiger partial charge is 0.544 e. The maximum atomic E-state index is 10.3. The minimum Gasteiger partial charge on any atom is -0.544 e. The Morgan fingerprint density at radius 2 is 1.68 bits per heavy atom. The third-order valence-electron chi connectivity index (χ3n) is 4.34. The molecular formula is C18H25NO2Si. The third kappa shape index (κ3) is 3.75. The number of nitrogens with zero attached hydrogens (tertiary/aromatic N) is 1. The second-order valence-electron chi connectivity index (χ2n) is 7.09. The number of hydrogen-bond acceptors (Lipinski definition) is 3. The van der Waals surface area contributed by atoms with Crippen LogP contribution in [0.3, 0.4) is 0 Å². The highest BCUT2D eigenvalue weighted by atomic mass is 28.4. The Labute approximate surface area is 134 Å². The van der Waals surface area contributed by atoms with E-state index in [9.17, 15) is 5.11 Å². The molecule has 1 aromatic heterocycles. The molecule has 0 fully saturated rings. The van der Waals surface area contributed by atoms with Crippen LogP contribution in [0.1, 0.15) is 38.1 Å². The summed E-state index contributed by atoms with van der Waals surface area (Å²) in [5, 5.41) is 10.5. The zero-order valence-corrected chi connectivity index (χ0v) is 15.0. The Kier molecular flexibility index (Phi) is 4.73. The molecule has 1 atom stereocenters. The van der Waals surface area contributed by atoms with Gasteiger partial charge < -0.3 is 9.53 Å². The Balaban J connectivity index is 2.14. The van der Waals surface area contributed by atoms with Crippen LogP contribution in [0.4, 0.5) is 0 Å². The van der Waals surface area contributed by atoms with Crippen molar-refractivity contribution in [1.29, 1.82) is 0 Å². The number of benzene rings is 1. The third-order valence-corrected chi connectivity index (χ3v) is 8.70. The van der Waals surface area contributed by atoms with Gasteiger partial charge >= 0.3 is 0 Å². The van der Waals surface area contributed by atoms with E-state index in [1.54, 1.807) is 6.20 Å². The average molecular weight is 315 g/mol. The quantitative estimate of drug-likeness (QED) is 0.842. The predicted octanol–water partition coefficient (Wildman–Crippen LogP) is 4.55. The van der Waals surface area contributed by atoms with Crippen LogP contribution in [-0.2, 0) is 0 Å². The first-order valence-corrected chi connectivity index (χ1v) is 10.5. The van der Waals surface area contributed by atoms with E-state index >= 15 is 0 Å². The van der Waals surface area contributed by atoms with Crippen LogP contribution in [0.5, 0.6) is 5.75 Å². The first kappa shape index (κ1) is 16.7. The van der Waals surface area contributed by atoms with Crippen molar-refractivity contribution in [1.82, 2.24) is 4.98 Å². The van der Waals surface area contributed by atoms with E-state index in [4.69, 9.17) is 4.43 Å². The van der Waals surface area contributed by atoms with Gasteiger partial charge in [0.1, 0.15) is 11.9 Å². The molecule has 1 N–H and O–H groups in total. The fourth-order valence-electron chi connectivity index (χ4n) is 1.87. The fourth-order valence-corrected chi connectivity index (χ4v) is 2.91. The van der Waals surface area contributed by atoms with Gasteiger partial charge in [0.25, 0.3) is 0 Å². The highest BCUT2D eigenvalue weighted by Gasteiger charge is 2.38. The van der Waals surface area contributed by atoms with Gasteiger partial charge in [0.05, 0.1) is 5.69 Å². The Morgan fingerprint density at radius 1 is 1.05 bits per heavy atom. The summed E-state index contributed by atoms with van der Waals surface area (Å²) in [6.07, 6.45) is 0.983. The molecule has 0 aliphatic carbocycles. The first-order valence-electron chi connectivity index (χ1n) is 7.59. The molecule has 0 spiro atoms. The van der Waals surface area contributed by atoms with Crippen molar-refractivity contribution >= 4 is 8.32 Å². The summed E-state index contributed by atoms with van der Waals surface area (Å²) in [6, 6.07) is 13.2. The lowest BCUT2D eigenvalue weighted by atomic mass is 10.1. The van der Waals surface area contributed by atoms with Gasteiger partial charge in [-0.25, -0.2) is 0 Å². The number of aliphatic hydroxyl groups excluding tert-OH is 1. The molecule has 2 rings (SSSR count). The van der Waals surface area contributed by atoms with E-state index in [-0.39, 0.29) is 5.04 Å². The number of hydrogen-bond donors (Lipinski definition) is 1. The number of rotatable bonds is 4. The maximum Gasteiger partial charge on any atom is 0.250 e. The number of pyridine rings is 1. The molecular weight excluding hydrogens is 290 g/mol. The van der Waals surface area contributed by atoms with Crippen LogP contribution in [-0.4, -0.2) is 18.4 Å². The van der Waals surface area contributed by atoms with Gasteiger partial charge in [0.15, 0.2) is 0 Å². The summed E-state index contributed by atoms with van der Waals surface area (Å²) < 4.78 is 6.25. The van der Waals surface area contributed by atoms with Crippen molar-refractivity contribution in [2.24, 2.45) is 0 Å². The van der Waals surface area contributed by atoms with Crippen molar-refractivity contribution in [2.75, 3.05) is 0 Å². The van der Waals surface area contributed by atoms with Crippen LogP contribution in [0.15, 0.2) is 48.7 Å². The Bertz CT molecular complexity index is 603. The highest BCUT2D eigenvalue weighted by molar-refractivity contribution is 6.74. The molecule has 0 radical (unpaired) electrons. The van der Waals surface area contributed by atoms with Crippen molar-refractivity contribution in [3.8, 4) is 5.75 Å². The van der Waals surface area contributed by atoms with E-state index in [1.165, 1.54) is 0 Å². The lowest BCUT2D eigenvalue weighted by Gasteiger charge is -2.36. The minimum atomic E-state index is -1.83. The summed E-state index contributed by atoms with van der Waals surface area (Å²) in [5.41, 5.74) is 1.47. The molecule has 0 bridgehead atoms. The van der Waals surface area contributed by atoms with Crippen LogP contribution in [0.25, 0.3) is 0 Å². The number of aromatic nitrogens is 1. The van der Waals surface area contributed by atoms with Gasteiger partial charge in [0.2, 0.25) is 8.32 Å². The Morgan fingerprint density at radius 3 is 2.18 bits per heavy atom. The standard InChI is InChI=1S/C18H25NO2Si/c1-18(2,3)22(4,5)21-15-11-9-14(10-12-15)17(20)16-8-6-7-13-19-16/h6-13,17,20H,1-5H3. The molecule has 4 heteroatoms. The lowest BCUT2D eigenvalue weighted by Crippen LogP contribution is -2.43. The van der Waals surface area contributed by atoms with E-state index < -0.39 is 14.4 Å². The molecule has 1 aromatic carbocycles. The average Bonchev–Trinajstić information content (AvgIpc) is 2.47. The molecule has 1 unspecified atom stereocenters. The van der Waals surface area contributed by atoms with E-state index in [0.29, 0.717) is 5.69 Å². The first-order chi connectivity index (χ1) is 10.2. The second kappa shape index (κ2) is 6.22. The van der Waals surface area contributed by atoms with Gasteiger partial charge in [-0.3, -0.25) is 4.98 Å². The monoisotopic (exact) mass is 315 g/mol. The molecule has 2 aromatic rings. The summed E-state index contributed by atoms with van der Waals surface area (Å²) in [6.45, 7) is 11.1. The van der Waals surface area contributed by atoms with E-state index in [2.05, 4.69) is 38.8 Å². The summed E-state index contributed by atoms with van der Waals surface area (Å²) in [5.74, 6) is 0.864. The van der Waals surface area contributed by atoms with Crippen LogP contribution in [0, 0.1) is 0 Å². The normalized spacial score (nSPS) is 13.7. The minimum absolute atomic E-state index is 0.166. The van der Waals surface area contributed by atoms with E-state index in [0.717, 1.165) is 11.3 Å². The zero-order valence-electron chi connectivity index (χ0n) is 14.0. The van der Waals surface area contributed by atoms with Crippen LogP contribution in [0.2, 0.25) is 18.1 Å². The topological polar surface area (TPSA) is 42.4 Å². The molecule has 0 saturated heterocycles. The molecule has 3 nitrogen and oxygen atoms in total. The van der Waals surface area contributed by atoms with Crippen molar-refractivity contribution in [3.05, 3.63) is 59.9 Å². The highest BCUT2D eigenvalue weighted by Crippen LogP contribution is 2.37. The van der Waals surface area contributed by atoms with Gasteiger partial charge in [-0.2, -0.15) is 0 Å². The van der Waals surface area contributed by atoms with Gasteiger partial charge in [-0.1, -0.05) is 39.0 Å². The predicted molar refractivity (Wildman–Crippen MR) is 92.6 cm³/mol. The SMILES string of the molecule is CC(C)(C)[Si](C)(C)Oc1ccc(C(O)c2ccccn2)cc1. The molecule has 0 aliphatic rings. The lowest BCUT2D eigenvalue weighted by molar-refractivity contribution is 0.215. The van der Waals surface area contributed by atoms with Crippen molar-refractivity contribution < 1.29 is 9.53 Å². The van der Waals surface area contributed by atoms with Crippen molar-refractivity contribution in [3.63, 3.8) is 0 Å². The molecule has 0 amide bonds. The Hall–Kier alpha value is -1.65. The second-order valence-corrected chi connectivity index (χ2v) is 11.8. The van der Waals surface area contributed by atoms with Crippen molar-refractivity contribution in [2.45, 2.75) is 45.0 Å². The molecule has 0 saturated carbocycles. The fraction of sp³-hybridized carbons (Fsp3) is 0.389. The summed E-state index contributed by atoms with van der Waals surface area (Å²) in [4.78, 5) is 4.19. The van der Waals surface area contributed by atoms with E-state index in [1.807, 2.05) is 42.5 Å². The van der Waals surface area contributed by atoms with Gasteiger partial charge in [0, 0.05) is 6.20 Å². The molecule has 22 heavy (non-hydrogen) atoms.